The molecular weight excluding hydrogens is 394 g/mol. The number of hydrogen-bond acceptors (Lipinski definition) is 4. The van der Waals surface area contributed by atoms with Crippen molar-refractivity contribution in [2.75, 3.05) is 38.3 Å². The Morgan fingerprint density at radius 2 is 1.83 bits per heavy atom. The van der Waals surface area contributed by atoms with E-state index >= 15 is 0 Å². The Morgan fingerprint density at radius 1 is 1.14 bits per heavy atom. The van der Waals surface area contributed by atoms with Gasteiger partial charge >= 0.3 is 0 Å². The molecule has 1 aliphatic heterocycles. The zero-order valence-corrected chi connectivity index (χ0v) is 17.1. The van der Waals surface area contributed by atoms with E-state index < -0.39 is 0 Å². The highest BCUT2D eigenvalue weighted by atomic mass is 35.5. The highest BCUT2D eigenvalue weighted by Crippen LogP contribution is 2.23. The van der Waals surface area contributed by atoms with Gasteiger partial charge in [-0.15, -0.1) is 0 Å². The van der Waals surface area contributed by atoms with E-state index in [1.54, 1.807) is 55.5 Å². The third-order valence-electron chi connectivity index (χ3n) is 4.76. The van der Waals surface area contributed by atoms with Crippen LogP contribution in [0.3, 0.4) is 0 Å². The quantitative estimate of drug-likeness (QED) is 0.727. The minimum atomic E-state index is -0.293. The Labute approximate surface area is 174 Å². The van der Waals surface area contributed by atoms with E-state index in [1.165, 1.54) is 21.8 Å². The lowest BCUT2D eigenvalue weighted by Gasteiger charge is -2.24. The van der Waals surface area contributed by atoms with Crippen molar-refractivity contribution < 1.29 is 19.1 Å². The fraction of sp³-hybridized carbons (Fsp3) is 0.286. The summed E-state index contributed by atoms with van der Waals surface area (Å²) in [6.07, 6.45) is 0. The number of methoxy groups -OCH3 is 1. The van der Waals surface area contributed by atoms with E-state index in [1.807, 2.05) is 0 Å². The van der Waals surface area contributed by atoms with Crippen molar-refractivity contribution in [3.8, 4) is 5.75 Å². The fourth-order valence-electron chi connectivity index (χ4n) is 3.14. The molecule has 0 unspecified atom stereocenters. The Balaban J connectivity index is 1.69. The molecule has 0 spiro atoms. The van der Waals surface area contributed by atoms with Gasteiger partial charge in [-0.25, -0.2) is 0 Å². The standard InChI is InChI=1S/C21H22ClN3O4/c1-3-23(21(28)17-6-4-5-7-18(17)29-2)12-19(26)24-13-20(27)25(14-24)16-10-8-15(22)9-11-16/h4-11H,3,12-14H2,1-2H3. The maximum absolute atomic E-state index is 12.9. The van der Waals surface area contributed by atoms with Gasteiger partial charge in [0.25, 0.3) is 5.91 Å². The summed E-state index contributed by atoms with van der Waals surface area (Å²) in [5, 5.41) is 0.571. The molecule has 7 nitrogen and oxygen atoms in total. The van der Waals surface area contributed by atoms with Crippen molar-refractivity contribution in [2.45, 2.75) is 6.92 Å². The second-order valence-corrected chi connectivity index (χ2v) is 6.99. The lowest BCUT2D eigenvalue weighted by atomic mass is 10.1. The summed E-state index contributed by atoms with van der Waals surface area (Å²) >= 11 is 5.89. The van der Waals surface area contributed by atoms with Crippen molar-refractivity contribution in [1.29, 1.82) is 0 Å². The number of halogens is 1. The van der Waals surface area contributed by atoms with Gasteiger partial charge in [0.05, 0.1) is 12.7 Å². The fourth-order valence-corrected chi connectivity index (χ4v) is 3.27. The number of likely N-dealkylation sites (N-methyl/N-ethyl adjacent to an activating group) is 1. The molecule has 2 aromatic rings. The largest absolute Gasteiger partial charge is 0.496 e. The van der Waals surface area contributed by atoms with Gasteiger partial charge in [0.2, 0.25) is 11.8 Å². The molecule has 1 saturated heterocycles. The van der Waals surface area contributed by atoms with Crippen LogP contribution < -0.4 is 9.64 Å². The van der Waals surface area contributed by atoms with Crippen LogP contribution in [0.4, 0.5) is 5.69 Å². The first kappa shape index (κ1) is 20.7. The number of carbonyl (C=O) groups is 3. The predicted octanol–water partition coefficient (Wildman–Crippen LogP) is 2.64. The molecule has 1 aliphatic rings. The van der Waals surface area contributed by atoms with Gasteiger partial charge in [-0.2, -0.15) is 0 Å². The second-order valence-electron chi connectivity index (χ2n) is 6.55. The molecule has 0 atom stereocenters. The van der Waals surface area contributed by atoms with E-state index in [0.717, 1.165) is 0 Å². The summed E-state index contributed by atoms with van der Waals surface area (Å²) < 4.78 is 5.25. The van der Waals surface area contributed by atoms with Gasteiger partial charge in [0.15, 0.2) is 0 Å². The molecule has 29 heavy (non-hydrogen) atoms. The van der Waals surface area contributed by atoms with E-state index in [-0.39, 0.29) is 37.5 Å². The molecule has 0 bridgehead atoms. The molecular formula is C21H22ClN3O4. The average Bonchev–Trinajstić information content (AvgIpc) is 3.13. The van der Waals surface area contributed by atoms with Gasteiger partial charge in [-0.05, 0) is 43.3 Å². The molecule has 152 valence electrons. The van der Waals surface area contributed by atoms with Crippen LogP contribution >= 0.6 is 11.6 Å². The number of rotatable bonds is 6. The summed E-state index contributed by atoms with van der Waals surface area (Å²) in [5.74, 6) is -0.313. The van der Waals surface area contributed by atoms with Crippen LogP contribution in [-0.2, 0) is 9.59 Å². The van der Waals surface area contributed by atoms with Crippen LogP contribution in [0.2, 0.25) is 5.02 Å². The first-order valence-corrected chi connectivity index (χ1v) is 9.58. The first-order chi connectivity index (χ1) is 13.9. The van der Waals surface area contributed by atoms with Crippen molar-refractivity contribution in [3.63, 3.8) is 0 Å². The second kappa shape index (κ2) is 8.96. The minimum absolute atomic E-state index is 0.0259. The number of hydrogen-bond donors (Lipinski definition) is 0. The summed E-state index contributed by atoms with van der Waals surface area (Å²) in [6, 6.07) is 13.7. The first-order valence-electron chi connectivity index (χ1n) is 9.20. The maximum atomic E-state index is 12.9. The third kappa shape index (κ3) is 4.51. The Hall–Kier alpha value is -3.06. The van der Waals surface area contributed by atoms with Crippen LogP contribution in [0, 0.1) is 0 Å². The van der Waals surface area contributed by atoms with Gasteiger partial charge in [0, 0.05) is 17.3 Å². The normalized spacial score (nSPS) is 13.6. The highest BCUT2D eigenvalue weighted by Gasteiger charge is 2.33. The van der Waals surface area contributed by atoms with Gasteiger partial charge < -0.3 is 14.5 Å². The van der Waals surface area contributed by atoms with Crippen LogP contribution in [0.5, 0.6) is 5.75 Å². The minimum Gasteiger partial charge on any atom is -0.496 e. The molecule has 0 aliphatic carbocycles. The Bertz CT molecular complexity index is 916. The monoisotopic (exact) mass is 415 g/mol. The molecule has 2 aromatic carbocycles. The molecule has 0 aromatic heterocycles. The maximum Gasteiger partial charge on any atom is 0.258 e. The van der Waals surface area contributed by atoms with Crippen molar-refractivity contribution >= 4 is 35.0 Å². The molecule has 3 rings (SSSR count). The molecule has 8 heteroatoms. The van der Waals surface area contributed by atoms with Crippen LogP contribution in [0.1, 0.15) is 17.3 Å². The highest BCUT2D eigenvalue weighted by molar-refractivity contribution is 6.30. The van der Waals surface area contributed by atoms with E-state index in [4.69, 9.17) is 16.3 Å². The topological polar surface area (TPSA) is 70.2 Å². The number of anilines is 1. The van der Waals surface area contributed by atoms with Crippen molar-refractivity contribution in [2.24, 2.45) is 0 Å². The molecule has 1 fully saturated rings. The van der Waals surface area contributed by atoms with Crippen molar-refractivity contribution in [1.82, 2.24) is 9.80 Å². The van der Waals surface area contributed by atoms with Gasteiger partial charge in [-0.3, -0.25) is 19.3 Å². The Morgan fingerprint density at radius 3 is 2.48 bits per heavy atom. The smallest absolute Gasteiger partial charge is 0.258 e. The molecule has 3 amide bonds. The lowest BCUT2D eigenvalue weighted by Crippen LogP contribution is -2.42. The third-order valence-corrected chi connectivity index (χ3v) is 5.01. The van der Waals surface area contributed by atoms with Crippen LogP contribution in [0.15, 0.2) is 48.5 Å². The van der Waals surface area contributed by atoms with Gasteiger partial charge in [-0.1, -0.05) is 23.7 Å². The summed E-state index contributed by atoms with van der Waals surface area (Å²) in [6.45, 7) is 2.15. The number of carbonyl (C=O) groups excluding carboxylic acids is 3. The summed E-state index contributed by atoms with van der Waals surface area (Å²) in [4.78, 5) is 42.4. The summed E-state index contributed by atoms with van der Waals surface area (Å²) in [5.41, 5.74) is 1.07. The zero-order valence-electron chi connectivity index (χ0n) is 16.3. The van der Waals surface area contributed by atoms with Crippen LogP contribution in [0.25, 0.3) is 0 Å². The number of benzene rings is 2. The van der Waals surface area contributed by atoms with E-state index in [9.17, 15) is 14.4 Å². The SMILES string of the molecule is CCN(CC(=O)N1CC(=O)N(c2ccc(Cl)cc2)C1)C(=O)c1ccccc1OC. The molecule has 0 N–H and O–H groups in total. The summed E-state index contributed by atoms with van der Waals surface area (Å²) in [7, 11) is 1.49. The van der Waals surface area contributed by atoms with E-state index in [0.29, 0.717) is 28.6 Å². The molecule has 0 saturated carbocycles. The average molecular weight is 416 g/mol. The zero-order chi connectivity index (χ0) is 21.0. The molecule has 0 radical (unpaired) electrons. The number of amides is 3. The predicted molar refractivity (Wildman–Crippen MR) is 110 cm³/mol. The van der Waals surface area contributed by atoms with Crippen LogP contribution in [-0.4, -0.2) is 60.9 Å². The lowest BCUT2D eigenvalue weighted by molar-refractivity contribution is -0.132. The Kier molecular flexibility index (Phi) is 6.39. The van der Waals surface area contributed by atoms with Crippen molar-refractivity contribution in [3.05, 3.63) is 59.1 Å². The number of ether oxygens (including phenoxy) is 1. The number of nitrogens with zero attached hydrogens (tertiary/aromatic N) is 3. The van der Waals surface area contributed by atoms with E-state index in [2.05, 4.69) is 0 Å². The number of para-hydroxylation sites is 1. The van der Waals surface area contributed by atoms with Gasteiger partial charge in [0.1, 0.15) is 25.5 Å². The molecule has 1 heterocycles.